The van der Waals surface area contributed by atoms with E-state index in [1.165, 1.54) is 12.0 Å². The Morgan fingerprint density at radius 1 is 1.12 bits per heavy atom. The van der Waals surface area contributed by atoms with Crippen LogP contribution in [0.1, 0.15) is 45.6 Å². The zero-order valence-electron chi connectivity index (χ0n) is 11.2. The van der Waals surface area contributed by atoms with E-state index in [0.717, 1.165) is 5.69 Å². The average Bonchev–Trinajstić information content (AvgIpc) is 2.83. The molecule has 2 nitrogen and oxygen atoms in total. The van der Waals surface area contributed by atoms with Gasteiger partial charge in [0.1, 0.15) is 0 Å². The minimum atomic E-state index is 0.585. The first-order chi connectivity index (χ1) is 8.19. The third kappa shape index (κ3) is 4.06. The molecule has 0 bridgehead atoms. The van der Waals surface area contributed by atoms with Crippen molar-refractivity contribution in [3.63, 3.8) is 0 Å². The van der Waals surface area contributed by atoms with Gasteiger partial charge < -0.3 is 0 Å². The number of hydrogen-bond acceptors (Lipinski definition) is 1. The smallest absolute Gasteiger partial charge is 0.0645 e. The molecule has 2 heteroatoms. The quantitative estimate of drug-likeness (QED) is 0.747. The summed E-state index contributed by atoms with van der Waals surface area (Å²) >= 11 is 0. The maximum absolute atomic E-state index is 4.18. The Hall–Kier alpha value is -1.57. The minimum Gasteiger partial charge on any atom is -0.241 e. The van der Waals surface area contributed by atoms with Crippen LogP contribution in [0.3, 0.4) is 0 Å². The molecular formula is C15H22N2. The largest absolute Gasteiger partial charge is 0.241 e. The van der Waals surface area contributed by atoms with E-state index in [-0.39, 0.29) is 0 Å². The second-order valence-corrected chi connectivity index (χ2v) is 4.40. The summed E-state index contributed by atoms with van der Waals surface area (Å²) in [6.45, 7) is 8.64. The first kappa shape index (κ1) is 13.5. The van der Waals surface area contributed by atoms with Gasteiger partial charge in [-0.3, -0.25) is 0 Å². The fraction of sp³-hybridized carbons (Fsp3) is 0.400. The summed E-state index contributed by atoms with van der Waals surface area (Å²) in [4.78, 5) is 0. The van der Waals surface area contributed by atoms with Crippen LogP contribution in [-0.2, 0) is 0 Å². The van der Waals surface area contributed by atoms with Crippen molar-refractivity contribution in [2.75, 3.05) is 0 Å². The number of hydrogen-bond donors (Lipinski definition) is 0. The lowest BCUT2D eigenvalue weighted by Crippen LogP contribution is -1.94. The number of nitrogens with zero attached hydrogens (tertiary/aromatic N) is 2. The molecule has 0 unspecified atom stereocenters. The van der Waals surface area contributed by atoms with E-state index >= 15 is 0 Å². The topological polar surface area (TPSA) is 17.8 Å². The lowest BCUT2D eigenvalue weighted by atomic mass is 10.0. The van der Waals surface area contributed by atoms with Crippen LogP contribution in [0.25, 0.3) is 5.69 Å². The molecule has 0 radical (unpaired) electrons. The minimum absolute atomic E-state index is 0.585. The average molecular weight is 230 g/mol. The fourth-order valence-corrected chi connectivity index (χ4v) is 1.43. The van der Waals surface area contributed by atoms with E-state index in [1.807, 2.05) is 16.9 Å². The third-order valence-corrected chi connectivity index (χ3v) is 2.33. The van der Waals surface area contributed by atoms with Gasteiger partial charge in [0, 0.05) is 12.4 Å². The van der Waals surface area contributed by atoms with Gasteiger partial charge in [-0.25, -0.2) is 4.68 Å². The van der Waals surface area contributed by atoms with Gasteiger partial charge in [0.25, 0.3) is 0 Å². The highest BCUT2D eigenvalue weighted by molar-refractivity contribution is 5.34. The molecule has 1 aromatic heterocycles. The van der Waals surface area contributed by atoms with Gasteiger partial charge in [0.2, 0.25) is 0 Å². The van der Waals surface area contributed by atoms with Crippen LogP contribution in [0.4, 0.5) is 0 Å². The molecule has 0 aliphatic carbocycles. The van der Waals surface area contributed by atoms with Gasteiger partial charge in [-0.05, 0) is 29.7 Å². The summed E-state index contributed by atoms with van der Waals surface area (Å²) in [5.74, 6) is 0.585. The Bertz CT molecular complexity index is 399. The van der Waals surface area contributed by atoms with Crippen molar-refractivity contribution >= 4 is 0 Å². The first-order valence-corrected chi connectivity index (χ1v) is 6.29. The molecule has 1 heterocycles. The normalized spacial score (nSPS) is 9.94. The highest BCUT2D eigenvalue weighted by Gasteiger charge is 1.99. The summed E-state index contributed by atoms with van der Waals surface area (Å²) in [5.41, 5.74) is 2.47. The van der Waals surface area contributed by atoms with E-state index in [4.69, 9.17) is 0 Å². The van der Waals surface area contributed by atoms with Crippen LogP contribution in [0.15, 0.2) is 42.7 Å². The Balaban J connectivity index is 0.000000437. The number of rotatable bonds is 2. The predicted molar refractivity (Wildman–Crippen MR) is 73.6 cm³/mol. The molecule has 0 atom stereocenters. The van der Waals surface area contributed by atoms with Crippen molar-refractivity contribution in [3.8, 4) is 5.69 Å². The second-order valence-electron chi connectivity index (χ2n) is 4.40. The molecule has 2 rings (SSSR count). The number of benzene rings is 1. The molecule has 0 spiro atoms. The lowest BCUT2D eigenvalue weighted by molar-refractivity contribution is 0.854. The summed E-state index contributed by atoms with van der Waals surface area (Å²) < 4.78 is 1.87. The summed E-state index contributed by atoms with van der Waals surface area (Å²) in [7, 11) is 0. The molecule has 0 amide bonds. The monoisotopic (exact) mass is 230 g/mol. The third-order valence-electron chi connectivity index (χ3n) is 2.33. The van der Waals surface area contributed by atoms with Crippen LogP contribution < -0.4 is 0 Å². The number of aromatic nitrogens is 2. The van der Waals surface area contributed by atoms with Crippen molar-refractivity contribution in [3.05, 3.63) is 48.3 Å². The van der Waals surface area contributed by atoms with E-state index < -0.39 is 0 Å². The first-order valence-electron chi connectivity index (χ1n) is 6.29. The SMILES string of the molecule is CC(C)c1ccc(-n2cccn2)cc1.CCC. The van der Waals surface area contributed by atoms with Gasteiger partial charge in [0.05, 0.1) is 5.69 Å². The molecule has 0 aliphatic rings. The zero-order valence-corrected chi connectivity index (χ0v) is 11.2. The molecule has 0 N–H and O–H groups in total. The maximum atomic E-state index is 4.18. The molecule has 0 saturated heterocycles. The molecule has 0 aliphatic heterocycles. The van der Waals surface area contributed by atoms with Gasteiger partial charge >= 0.3 is 0 Å². The molecule has 0 saturated carbocycles. The van der Waals surface area contributed by atoms with Crippen molar-refractivity contribution in [1.82, 2.24) is 9.78 Å². The maximum Gasteiger partial charge on any atom is 0.0645 e. The van der Waals surface area contributed by atoms with Crippen molar-refractivity contribution < 1.29 is 0 Å². The van der Waals surface area contributed by atoms with Crippen LogP contribution in [0.5, 0.6) is 0 Å². The molecule has 92 valence electrons. The standard InChI is InChI=1S/C12H14N2.C3H8/c1-10(2)11-4-6-12(7-5-11)14-9-3-8-13-14;1-3-2/h3-10H,1-2H3;3H2,1-2H3. The molecule has 0 fully saturated rings. The van der Waals surface area contributed by atoms with Crippen molar-refractivity contribution in [1.29, 1.82) is 0 Å². The zero-order chi connectivity index (χ0) is 12.7. The summed E-state index contributed by atoms with van der Waals surface area (Å²) in [5, 5.41) is 4.18. The Morgan fingerprint density at radius 3 is 2.12 bits per heavy atom. The molecule has 1 aromatic carbocycles. The van der Waals surface area contributed by atoms with E-state index in [0.29, 0.717) is 5.92 Å². The second kappa shape index (κ2) is 6.89. The fourth-order valence-electron chi connectivity index (χ4n) is 1.43. The Morgan fingerprint density at radius 2 is 1.71 bits per heavy atom. The van der Waals surface area contributed by atoms with Gasteiger partial charge in [-0.1, -0.05) is 46.2 Å². The lowest BCUT2D eigenvalue weighted by Gasteiger charge is -2.06. The summed E-state index contributed by atoms with van der Waals surface area (Å²) in [6.07, 6.45) is 4.99. The van der Waals surface area contributed by atoms with Crippen LogP contribution >= 0.6 is 0 Å². The van der Waals surface area contributed by atoms with E-state index in [1.54, 1.807) is 6.20 Å². The van der Waals surface area contributed by atoms with Crippen LogP contribution in [0.2, 0.25) is 0 Å². The van der Waals surface area contributed by atoms with Crippen molar-refractivity contribution in [2.24, 2.45) is 0 Å². The molecule has 2 aromatic rings. The van der Waals surface area contributed by atoms with Crippen molar-refractivity contribution in [2.45, 2.75) is 40.0 Å². The van der Waals surface area contributed by atoms with Gasteiger partial charge in [-0.2, -0.15) is 5.10 Å². The molecular weight excluding hydrogens is 208 g/mol. The van der Waals surface area contributed by atoms with E-state index in [9.17, 15) is 0 Å². The predicted octanol–water partition coefficient (Wildman–Crippen LogP) is 4.41. The Kier molecular flexibility index (Phi) is 5.47. The molecule has 17 heavy (non-hydrogen) atoms. The van der Waals surface area contributed by atoms with Gasteiger partial charge in [0.15, 0.2) is 0 Å². The van der Waals surface area contributed by atoms with E-state index in [2.05, 4.69) is 57.1 Å². The van der Waals surface area contributed by atoms with Gasteiger partial charge in [-0.15, -0.1) is 0 Å². The highest BCUT2D eigenvalue weighted by atomic mass is 15.3. The van der Waals surface area contributed by atoms with Crippen LogP contribution in [0, 0.1) is 0 Å². The summed E-state index contributed by atoms with van der Waals surface area (Å²) in [6, 6.07) is 10.4. The highest BCUT2D eigenvalue weighted by Crippen LogP contribution is 2.16. The van der Waals surface area contributed by atoms with Crippen LogP contribution in [-0.4, -0.2) is 9.78 Å². The Labute approximate surface area is 104 Å².